The lowest BCUT2D eigenvalue weighted by Gasteiger charge is -2.31. The van der Waals surface area contributed by atoms with Crippen molar-refractivity contribution < 1.29 is 29.9 Å². The van der Waals surface area contributed by atoms with Gasteiger partial charge >= 0.3 is 0 Å². The maximum Gasteiger partial charge on any atom is 0.135 e. The molecule has 8 rings (SSSR count). The number of benzene rings is 6. The van der Waals surface area contributed by atoms with Crippen LogP contribution in [0.2, 0.25) is 0 Å². The number of hydrogen-bond donors (Lipinski definition) is 6. The molecule has 0 radical (unpaired) electrons. The monoisotopic (exact) mass is 724 g/mol. The number of methoxy groups -OCH3 is 2. The van der Waals surface area contributed by atoms with Crippen LogP contribution in [-0.2, 0) is 12.8 Å². The standard InChI is InChI=1S/C46H48N2O6/c1-21-19-27-15-17-31(43(49)39(27)25(5)47-21)35-23(3)37(45(51)41-29(35)11-9-13-33(41)53-7)38-24(4)36(30-12-10-14-34(54-8)42(30)46(38)52)32-18-16-28-20-22(2)48-26(6)40(28)44(32)50/h9-18,21-22,25-26,47-52H,19-20H2,1-8H3. The molecule has 0 spiro atoms. The van der Waals surface area contributed by atoms with Crippen molar-refractivity contribution in [3.63, 3.8) is 0 Å². The fraction of sp³-hybridized carbons (Fsp3) is 0.304. The third-order valence-electron chi connectivity index (χ3n) is 11.9. The van der Waals surface area contributed by atoms with E-state index in [9.17, 15) is 20.4 Å². The Bertz CT molecular complexity index is 2350. The second-order valence-corrected chi connectivity index (χ2v) is 15.3. The molecule has 0 fully saturated rings. The van der Waals surface area contributed by atoms with Crippen molar-refractivity contribution in [3.05, 3.63) is 94.0 Å². The Labute approximate surface area is 316 Å². The molecule has 0 amide bonds. The molecule has 278 valence electrons. The molecule has 6 aromatic rings. The fourth-order valence-corrected chi connectivity index (χ4v) is 9.70. The van der Waals surface area contributed by atoms with Crippen molar-refractivity contribution in [1.29, 1.82) is 0 Å². The molecule has 54 heavy (non-hydrogen) atoms. The van der Waals surface area contributed by atoms with Crippen LogP contribution in [0.25, 0.3) is 54.9 Å². The maximum atomic E-state index is 12.5. The van der Waals surface area contributed by atoms with Crippen molar-refractivity contribution in [2.75, 3.05) is 14.2 Å². The van der Waals surface area contributed by atoms with E-state index in [2.05, 4.69) is 50.5 Å². The highest BCUT2D eigenvalue weighted by molar-refractivity contribution is 6.15. The Kier molecular flexibility index (Phi) is 8.66. The lowest BCUT2D eigenvalue weighted by atomic mass is 9.79. The first kappa shape index (κ1) is 35.6. The zero-order valence-corrected chi connectivity index (χ0v) is 32.1. The summed E-state index contributed by atoms with van der Waals surface area (Å²) in [5.41, 5.74) is 8.68. The van der Waals surface area contributed by atoms with E-state index in [0.717, 1.165) is 35.1 Å². The van der Waals surface area contributed by atoms with Gasteiger partial charge in [0.15, 0.2) is 0 Å². The Morgan fingerprint density at radius 3 is 1.28 bits per heavy atom. The van der Waals surface area contributed by atoms with Crippen molar-refractivity contribution in [2.45, 2.75) is 78.6 Å². The van der Waals surface area contributed by atoms with E-state index in [1.54, 1.807) is 26.4 Å². The predicted octanol–water partition coefficient (Wildman–Crippen LogP) is 9.64. The van der Waals surface area contributed by atoms with Crippen LogP contribution in [0, 0.1) is 13.8 Å². The van der Waals surface area contributed by atoms with Crippen LogP contribution in [0.1, 0.15) is 73.2 Å². The highest BCUT2D eigenvalue weighted by atomic mass is 16.5. The molecule has 0 bridgehead atoms. The van der Waals surface area contributed by atoms with Gasteiger partial charge in [0.1, 0.15) is 34.5 Å². The summed E-state index contributed by atoms with van der Waals surface area (Å²) < 4.78 is 11.7. The minimum absolute atomic E-state index is 0.0647. The molecule has 0 saturated carbocycles. The first-order chi connectivity index (χ1) is 25.9. The predicted molar refractivity (Wildman–Crippen MR) is 216 cm³/mol. The first-order valence-corrected chi connectivity index (χ1v) is 18.7. The van der Waals surface area contributed by atoms with Gasteiger partial charge in [0.2, 0.25) is 0 Å². The zero-order valence-electron chi connectivity index (χ0n) is 32.1. The smallest absolute Gasteiger partial charge is 0.135 e. The summed E-state index contributed by atoms with van der Waals surface area (Å²) in [6.45, 7) is 12.2. The van der Waals surface area contributed by atoms with E-state index in [-0.39, 0.29) is 47.2 Å². The minimum Gasteiger partial charge on any atom is -0.507 e. The second-order valence-electron chi connectivity index (χ2n) is 15.3. The average Bonchev–Trinajstić information content (AvgIpc) is 3.13. The van der Waals surface area contributed by atoms with E-state index in [1.165, 1.54) is 0 Å². The molecule has 2 heterocycles. The topological polar surface area (TPSA) is 123 Å². The van der Waals surface area contributed by atoms with Crippen molar-refractivity contribution in [3.8, 4) is 67.9 Å². The molecule has 0 saturated heterocycles. The number of phenolic OH excluding ortho intramolecular Hbond substituents is 4. The van der Waals surface area contributed by atoms with Gasteiger partial charge in [0.25, 0.3) is 0 Å². The molecule has 8 nitrogen and oxygen atoms in total. The zero-order chi connectivity index (χ0) is 38.3. The van der Waals surface area contributed by atoms with E-state index < -0.39 is 0 Å². The number of phenols is 4. The van der Waals surface area contributed by atoms with Crippen LogP contribution >= 0.6 is 0 Å². The Balaban J connectivity index is 1.52. The normalized spacial score (nSPS) is 19.5. The lowest BCUT2D eigenvalue weighted by molar-refractivity contribution is 0.410. The molecule has 0 aliphatic carbocycles. The van der Waals surface area contributed by atoms with Crippen LogP contribution in [0.5, 0.6) is 34.5 Å². The summed E-state index contributed by atoms with van der Waals surface area (Å²) in [6, 6.07) is 19.7. The molecule has 2 aliphatic heterocycles. The van der Waals surface area contributed by atoms with Crippen molar-refractivity contribution in [1.82, 2.24) is 10.6 Å². The molecule has 8 heteroatoms. The summed E-state index contributed by atoms with van der Waals surface area (Å²) >= 11 is 0. The third-order valence-corrected chi connectivity index (χ3v) is 11.9. The first-order valence-electron chi connectivity index (χ1n) is 18.7. The van der Waals surface area contributed by atoms with Gasteiger partial charge in [-0.05, 0) is 111 Å². The Hall–Kier alpha value is -5.44. The van der Waals surface area contributed by atoms with Crippen LogP contribution < -0.4 is 20.1 Å². The van der Waals surface area contributed by atoms with Crippen LogP contribution in [0.15, 0.2) is 60.7 Å². The Morgan fingerprint density at radius 1 is 0.519 bits per heavy atom. The van der Waals surface area contributed by atoms with E-state index in [0.29, 0.717) is 77.6 Å². The third kappa shape index (κ3) is 5.18. The molecular weight excluding hydrogens is 677 g/mol. The maximum absolute atomic E-state index is 12.5. The van der Waals surface area contributed by atoms with E-state index in [1.807, 2.05) is 50.2 Å². The number of nitrogens with one attached hydrogen (secondary N) is 2. The Morgan fingerprint density at radius 2 is 0.907 bits per heavy atom. The van der Waals surface area contributed by atoms with Crippen LogP contribution in [-0.4, -0.2) is 46.7 Å². The van der Waals surface area contributed by atoms with E-state index in [4.69, 9.17) is 9.47 Å². The van der Waals surface area contributed by atoms with Gasteiger partial charge in [-0.15, -0.1) is 0 Å². The van der Waals surface area contributed by atoms with Gasteiger partial charge in [0.05, 0.1) is 25.0 Å². The number of fused-ring (bicyclic) bond motifs is 4. The molecule has 0 aromatic heterocycles. The largest absolute Gasteiger partial charge is 0.507 e. The minimum atomic E-state index is -0.0754. The number of aromatic hydroxyl groups is 4. The number of hydrogen-bond acceptors (Lipinski definition) is 8. The lowest BCUT2D eigenvalue weighted by Crippen LogP contribution is -2.36. The van der Waals surface area contributed by atoms with Crippen LogP contribution in [0.3, 0.4) is 0 Å². The highest BCUT2D eigenvalue weighted by Crippen LogP contribution is 2.57. The average molecular weight is 725 g/mol. The molecule has 6 aromatic carbocycles. The molecule has 2 aliphatic rings. The summed E-state index contributed by atoms with van der Waals surface area (Å²) in [4.78, 5) is 0. The summed E-state index contributed by atoms with van der Waals surface area (Å²) in [6.07, 6.45) is 1.58. The van der Waals surface area contributed by atoms with Gasteiger partial charge in [-0.2, -0.15) is 0 Å². The van der Waals surface area contributed by atoms with Gasteiger partial charge in [0, 0.05) is 57.5 Å². The van der Waals surface area contributed by atoms with E-state index >= 15 is 0 Å². The SMILES string of the molecule is COc1cccc2c(-c3ccc4c(c3O)C(C)NC(C)C4)c(C)c(-c3c(C)c(-c4ccc5c(c4O)C(C)NC(C)C5)c4cccc(OC)c4c3O)c(O)c12. The van der Waals surface area contributed by atoms with Crippen LogP contribution in [0.4, 0.5) is 0 Å². The van der Waals surface area contributed by atoms with Gasteiger partial charge in [-0.3, -0.25) is 0 Å². The highest BCUT2D eigenvalue weighted by Gasteiger charge is 2.33. The van der Waals surface area contributed by atoms with Gasteiger partial charge < -0.3 is 40.5 Å². The fourth-order valence-electron chi connectivity index (χ4n) is 9.70. The summed E-state index contributed by atoms with van der Waals surface area (Å²) in [5.74, 6) is 1.14. The second kappa shape index (κ2) is 13.1. The molecule has 4 atom stereocenters. The molecule has 4 unspecified atom stereocenters. The summed E-state index contributed by atoms with van der Waals surface area (Å²) in [5, 5.41) is 58.8. The quantitative estimate of drug-likeness (QED) is 0.104. The number of rotatable bonds is 5. The molecular formula is C46H48N2O6. The van der Waals surface area contributed by atoms with Crippen molar-refractivity contribution >= 4 is 21.5 Å². The summed E-state index contributed by atoms with van der Waals surface area (Å²) in [7, 11) is 3.13. The van der Waals surface area contributed by atoms with Gasteiger partial charge in [-0.25, -0.2) is 0 Å². The van der Waals surface area contributed by atoms with Crippen molar-refractivity contribution in [2.24, 2.45) is 0 Å². The molecule has 6 N–H and O–H groups in total. The van der Waals surface area contributed by atoms with Gasteiger partial charge in [-0.1, -0.05) is 48.5 Å². The number of ether oxygens (including phenoxy) is 2.